The van der Waals surface area contributed by atoms with Gasteiger partial charge in [0.1, 0.15) is 18.1 Å². The summed E-state index contributed by atoms with van der Waals surface area (Å²) in [5.41, 5.74) is 5.97. The third-order valence-electron chi connectivity index (χ3n) is 3.27. The number of hydrogen-bond donors (Lipinski definition) is 1. The average molecular weight is 309 g/mol. The van der Waals surface area contributed by atoms with Crippen LogP contribution in [0.3, 0.4) is 0 Å². The molecule has 1 aliphatic heterocycles. The highest BCUT2D eigenvalue weighted by Gasteiger charge is 2.21. The van der Waals surface area contributed by atoms with Crippen molar-refractivity contribution >= 4 is 18.1 Å². The van der Waals surface area contributed by atoms with Gasteiger partial charge in [-0.3, -0.25) is 20.8 Å². The van der Waals surface area contributed by atoms with E-state index in [2.05, 4.69) is 31.2 Å². The highest BCUT2D eigenvalue weighted by Crippen LogP contribution is 2.28. The number of nitrogens with one attached hydrogen (secondary N) is 1. The molecule has 9 heteroatoms. The summed E-state index contributed by atoms with van der Waals surface area (Å²) < 4.78 is 10.6. The Labute approximate surface area is 129 Å². The molecule has 0 fully saturated rings. The molecule has 0 unspecified atom stereocenters. The first kappa shape index (κ1) is 13.2. The van der Waals surface area contributed by atoms with Crippen LogP contribution in [0.5, 0.6) is 0 Å². The molecular weight excluding hydrogens is 300 g/mol. The Morgan fingerprint density at radius 3 is 3.13 bits per heavy atom. The molecule has 3 aromatic rings. The quantitative estimate of drug-likeness (QED) is 0.448. The number of tetrazole rings is 1. The first-order valence-corrected chi connectivity index (χ1v) is 6.67. The second-order valence-corrected chi connectivity index (χ2v) is 4.71. The van der Waals surface area contributed by atoms with Crippen LogP contribution in [-0.2, 0) is 11.3 Å². The minimum atomic E-state index is -0.311. The highest BCUT2D eigenvalue weighted by molar-refractivity contribution is 5.94. The molecule has 1 N–H and O–H groups in total. The number of fused-ring (bicyclic) bond motifs is 1. The zero-order chi connectivity index (χ0) is 15.6. The molecule has 114 valence electrons. The average Bonchev–Trinajstić information content (AvgIpc) is 3.29. The maximum Gasteiger partial charge on any atom is 0.338 e. The molecule has 0 bridgehead atoms. The lowest BCUT2D eigenvalue weighted by Gasteiger charge is -1.99. The van der Waals surface area contributed by atoms with Gasteiger partial charge in [-0.1, -0.05) is 12.1 Å². The van der Waals surface area contributed by atoms with Crippen LogP contribution in [0.2, 0.25) is 0 Å². The van der Waals surface area contributed by atoms with Crippen LogP contribution < -0.4 is 0 Å². The van der Waals surface area contributed by atoms with Gasteiger partial charge in [0.2, 0.25) is 0 Å². The summed E-state index contributed by atoms with van der Waals surface area (Å²) in [5.74, 6) is 0.947. The molecule has 3 heterocycles. The van der Waals surface area contributed by atoms with E-state index in [9.17, 15) is 4.79 Å². The van der Waals surface area contributed by atoms with E-state index in [-0.39, 0.29) is 11.9 Å². The molecule has 2 aromatic heterocycles. The summed E-state index contributed by atoms with van der Waals surface area (Å²) in [4.78, 5) is 11.6. The van der Waals surface area contributed by atoms with Gasteiger partial charge < -0.3 is 9.15 Å². The zero-order valence-corrected chi connectivity index (χ0v) is 11.6. The van der Waals surface area contributed by atoms with Crippen molar-refractivity contribution in [2.75, 3.05) is 0 Å². The summed E-state index contributed by atoms with van der Waals surface area (Å²) in [5, 5.41) is 16.7. The standard InChI is InChI=1S/C14H9N6O3/c21-13-11-5-8(1-2-9(11)7-22-13)12-4-3-10(23-12)6-15-16-14-17-19-20-18-14/h1-6H,7H2,(H-,16,17,18,19,20)/q-1/b15-6+. The van der Waals surface area contributed by atoms with Gasteiger partial charge in [0.05, 0.1) is 17.7 Å². The second-order valence-electron chi connectivity index (χ2n) is 4.71. The van der Waals surface area contributed by atoms with Crippen molar-refractivity contribution in [3.8, 4) is 11.3 Å². The number of rotatable bonds is 4. The van der Waals surface area contributed by atoms with Gasteiger partial charge in [-0.15, -0.1) is 5.21 Å². The molecule has 0 aliphatic carbocycles. The predicted molar refractivity (Wildman–Crippen MR) is 78.1 cm³/mol. The van der Waals surface area contributed by atoms with Crippen molar-refractivity contribution in [2.24, 2.45) is 5.10 Å². The van der Waals surface area contributed by atoms with E-state index < -0.39 is 0 Å². The van der Waals surface area contributed by atoms with Gasteiger partial charge in [0, 0.05) is 11.1 Å². The Morgan fingerprint density at radius 2 is 2.26 bits per heavy atom. The molecule has 0 amide bonds. The Morgan fingerprint density at radius 1 is 1.30 bits per heavy atom. The van der Waals surface area contributed by atoms with Gasteiger partial charge in [0.25, 0.3) is 0 Å². The maximum atomic E-state index is 11.6. The summed E-state index contributed by atoms with van der Waals surface area (Å²) in [6.07, 6.45) is 1.43. The topological polar surface area (TPSA) is 120 Å². The summed E-state index contributed by atoms with van der Waals surface area (Å²) in [7, 11) is 0. The van der Waals surface area contributed by atoms with Crippen LogP contribution in [0.15, 0.2) is 39.9 Å². The lowest BCUT2D eigenvalue weighted by atomic mass is 10.0. The third-order valence-corrected chi connectivity index (χ3v) is 3.27. The van der Waals surface area contributed by atoms with Crippen molar-refractivity contribution in [1.82, 2.24) is 20.6 Å². The number of nitrogens with zero attached hydrogens (tertiary/aromatic N) is 5. The molecule has 0 spiro atoms. The van der Waals surface area contributed by atoms with Crippen molar-refractivity contribution in [1.29, 1.82) is 0 Å². The second kappa shape index (κ2) is 5.37. The highest BCUT2D eigenvalue weighted by atomic mass is 16.5. The van der Waals surface area contributed by atoms with Gasteiger partial charge in [-0.2, -0.15) is 0 Å². The molecule has 0 saturated carbocycles. The van der Waals surface area contributed by atoms with Crippen molar-refractivity contribution in [3.05, 3.63) is 52.6 Å². The lowest BCUT2D eigenvalue weighted by Crippen LogP contribution is -1.93. The molecular formula is C14H9N6O3-. The van der Waals surface area contributed by atoms with E-state index in [4.69, 9.17) is 9.15 Å². The van der Waals surface area contributed by atoms with Crippen molar-refractivity contribution in [2.45, 2.75) is 6.61 Å². The normalized spacial score (nSPS) is 13.3. The van der Waals surface area contributed by atoms with Crippen LogP contribution in [0.25, 0.3) is 16.7 Å². The van der Waals surface area contributed by atoms with E-state index >= 15 is 0 Å². The number of carbonyl (C=O) groups is 1. The molecule has 0 saturated heterocycles. The number of H-pyrrole nitrogens is 1. The molecule has 9 nitrogen and oxygen atoms in total. The Kier molecular flexibility index (Phi) is 3.08. The SMILES string of the molecule is O=C1OCc2ccc(-c3ccc(/C=N/[N-]c4nn[nH]n4)o3)cc21. The largest absolute Gasteiger partial charge is 0.457 e. The van der Waals surface area contributed by atoms with Crippen LogP contribution in [0.1, 0.15) is 21.7 Å². The van der Waals surface area contributed by atoms with Crippen LogP contribution in [-0.4, -0.2) is 32.8 Å². The van der Waals surface area contributed by atoms with Crippen LogP contribution in [0.4, 0.5) is 5.95 Å². The summed E-state index contributed by atoms with van der Waals surface area (Å²) in [6, 6.07) is 9.03. The Hall–Kier alpha value is -3.49. The van der Waals surface area contributed by atoms with Crippen LogP contribution >= 0.6 is 0 Å². The minimum absolute atomic E-state index is 0.130. The van der Waals surface area contributed by atoms with Crippen molar-refractivity contribution < 1.29 is 13.9 Å². The van der Waals surface area contributed by atoms with Crippen molar-refractivity contribution in [3.63, 3.8) is 0 Å². The van der Waals surface area contributed by atoms with Crippen LogP contribution in [0, 0.1) is 0 Å². The number of aromatic nitrogens is 4. The third kappa shape index (κ3) is 2.55. The fraction of sp³-hybridized carbons (Fsp3) is 0.0714. The summed E-state index contributed by atoms with van der Waals surface area (Å²) in [6.45, 7) is 0.322. The van der Waals surface area contributed by atoms with E-state index in [1.807, 2.05) is 12.1 Å². The van der Waals surface area contributed by atoms with E-state index in [0.29, 0.717) is 23.7 Å². The van der Waals surface area contributed by atoms with Gasteiger partial charge in [-0.25, -0.2) is 9.90 Å². The minimum Gasteiger partial charge on any atom is -0.457 e. The predicted octanol–water partition coefficient (Wildman–Crippen LogP) is 2.17. The first-order chi connectivity index (χ1) is 11.3. The molecule has 0 radical (unpaired) electrons. The fourth-order valence-corrected chi connectivity index (χ4v) is 2.18. The Bertz CT molecular complexity index is 884. The van der Waals surface area contributed by atoms with Gasteiger partial charge >= 0.3 is 5.97 Å². The number of aromatic amines is 1. The molecule has 4 rings (SSSR count). The molecule has 0 atom stereocenters. The lowest BCUT2D eigenvalue weighted by molar-refractivity contribution is 0.0535. The van der Waals surface area contributed by atoms with Gasteiger partial charge in [0.15, 0.2) is 0 Å². The zero-order valence-electron chi connectivity index (χ0n) is 11.6. The fourth-order valence-electron chi connectivity index (χ4n) is 2.18. The number of cyclic esters (lactones) is 1. The number of carbonyl (C=O) groups excluding carboxylic acids is 1. The number of hydrogen-bond acceptors (Lipinski definition) is 7. The Balaban J connectivity index is 1.53. The van der Waals surface area contributed by atoms with E-state index in [0.717, 1.165) is 11.1 Å². The molecule has 1 aromatic carbocycles. The number of benzene rings is 1. The number of esters is 1. The number of ether oxygens (including phenoxy) is 1. The van der Waals surface area contributed by atoms with E-state index in [1.165, 1.54) is 6.21 Å². The maximum absolute atomic E-state index is 11.6. The molecule has 23 heavy (non-hydrogen) atoms. The smallest absolute Gasteiger partial charge is 0.338 e. The monoisotopic (exact) mass is 309 g/mol. The van der Waals surface area contributed by atoms with Gasteiger partial charge in [-0.05, 0) is 18.2 Å². The number of furan rings is 1. The first-order valence-electron chi connectivity index (χ1n) is 6.67. The summed E-state index contributed by atoms with van der Waals surface area (Å²) >= 11 is 0. The van der Waals surface area contributed by atoms with E-state index in [1.54, 1.807) is 18.2 Å². The molecule has 1 aliphatic rings.